The van der Waals surface area contributed by atoms with E-state index in [1.165, 1.54) is 6.42 Å². The molecule has 3 N–H and O–H groups in total. The zero-order valence-corrected chi connectivity index (χ0v) is 8.13. The highest BCUT2D eigenvalue weighted by Gasteiger charge is 2.23. The van der Waals surface area contributed by atoms with E-state index in [1.807, 2.05) is 0 Å². The van der Waals surface area contributed by atoms with E-state index in [0.29, 0.717) is 12.1 Å². The molecule has 1 saturated heterocycles. The van der Waals surface area contributed by atoms with Crippen LogP contribution in [0, 0.1) is 0 Å². The highest BCUT2D eigenvalue weighted by atomic mass is 16.3. The Hall–Kier alpha value is -0.120. The molecule has 3 nitrogen and oxygen atoms in total. The zero-order chi connectivity index (χ0) is 9.10. The van der Waals surface area contributed by atoms with Crippen LogP contribution in [-0.2, 0) is 0 Å². The van der Waals surface area contributed by atoms with E-state index in [1.54, 1.807) is 0 Å². The molecule has 0 bridgehead atoms. The second-order valence-corrected chi connectivity index (χ2v) is 4.36. The maximum Gasteiger partial charge on any atom is 0.0541 e. The minimum atomic E-state index is -0.0280. The lowest BCUT2D eigenvalue weighted by atomic mass is 9.92. The second-order valence-electron chi connectivity index (χ2n) is 4.36. The Kier molecular flexibility index (Phi) is 3.19. The molecule has 0 amide bonds. The minimum absolute atomic E-state index is 0.0280. The number of nitrogens with one attached hydrogen (secondary N) is 2. The largest absolute Gasteiger partial charge is 0.393 e. The van der Waals surface area contributed by atoms with Crippen molar-refractivity contribution in [3.8, 4) is 0 Å². The van der Waals surface area contributed by atoms with Gasteiger partial charge >= 0.3 is 0 Å². The first-order valence-corrected chi connectivity index (χ1v) is 5.49. The summed E-state index contributed by atoms with van der Waals surface area (Å²) in [6.07, 6.45) is 5.50. The summed E-state index contributed by atoms with van der Waals surface area (Å²) in [7, 11) is 0. The number of hydrogen-bond donors (Lipinski definition) is 3. The van der Waals surface area contributed by atoms with Gasteiger partial charge in [0.05, 0.1) is 6.10 Å². The average molecular weight is 184 g/mol. The Balaban J connectivity index is 1.69. The van der Waals surface area contributed by atoms with Gasteiger partial charge in [-0.1, -0.05) is 0 Å². The third-order valence-corrected chi connectivity index (χ3v) is 3.23. The van der Waals surface area contributed by atoms with Gasteiger partial charge in [0.2, 0.25) is 0 Å². The Bertz CT molecular complexity index is 149. The normalized spacial score (nSPS) is 40.8. The van der Waals surface area contributed by atoms with E-state index in [2.05, 4.69) is 10.6 Å². The monoisotopic (exact) mass is 184 g/mol. The number of rotatable bonds is 2. The van der Waals surface area contributed by atoms with E-state index in [9.17, 15) is 5.11 Å². The summed E-state index contributed by atoms with van der Waals surface area (Å²) in [5.41, 5.74) is 0. The molecule has 1 heterocycles. The molecule has 0 radical (unpaired) electrons. The number of aliphatic hydroxyl groups excluding tert-OH is 1. The van der Waals surface area contributed by atoms with Crippen LogP contribution >= 0.6 is 0 Å². The average Bonchev–Trinajstić information content (AvgIpc) is 2.62. The lowest BCUT2D eigenvalue weighted by molar-refractivity contribution is 0.114. The second kappa shape index (κ2) is 4.40. The fourth-order valence-electron chi connectivity index (χ4n) is 2.37. The van der Waals surface area contributed by atoms with Crippen molar-refractivity contribution in [2.75, 3.05) is 13.1 Å². The third kappa shape index (κ3) is 2.66. The van der Waals surface area contributed by atoms with Gasteiger partial charge in [-0.05, 0) is 38.6 Å². The number of aliphatic hydroxyl groups is 1. The molecule has 2 rings (SSSR count). The van der Waals surface area contributed by atoms with E-state index in [0.717, 1.165) is 38.8 Å². The first kappa shape index (κ1) is 9.44. The number of hydrogen-bond acceptors (Lipinski definition) is 3. The van der Waals surface area contributed by atoms with Crippen LogP contribution in [0.15, 0.2) is 0 Å². The van der Waals surface area contributed by atoms with Gasteiger partial charge < -0.3 is 15.7 Å². The topological polar surface area (TPSA) is 44.3 Å². The van der Waals surface area contributed by atoms with E-state index in [-0.39, 0.29) is 6.10 Å². The van der Waals surface area contributed by atoms with Crippen molar-refractivity contribution < 1.29 is 5.11 Å². The highest BCUT2D eigenvalue weighted by Crippen LogP contribution is 2.19. The Morgan fingerprint density at radius 3 is 2.38 bits per heavy atom. The summed E-state index contributed by atoms with van der Waals surface area (Å²) in [4.78, 5) is 0. The highest BCUT2D eigenvalue weighted by molar-refractivity contribution is 4.84. The molecule has 13 heavy (non-hydrogen) atoms. The molecule has 0 aromatic heterocycles. The molecule has 2 fully saturated rings. The lowest BCUT2D eigenvalue weighted by Crippen LogP contribution is -2.42. The van der Waals surface area contributed by atoms with Gasteiger partial charge in [0.1, 0.15) is 0 Å². The van der Waals surface area contributed by atoms with Crippen LogP contribution in [0.5, 0.6) is 0 Å². The van der Waals surface area contributed by atoms with Crippen molar-refractivity contribution in [2.24, 2.45) is 0 Å². The van der Waals surface area contributed by atoms with Crippen LogP contribution < -0.4 is 10.6 Å². The Labute approximate surface area is 79.9 Å². The molecule has 1 aliphatic heterocycles. The quantitative estimate of drug-likeness (QED) is 0.576. The minimum Gasteiger partial charge on any atom is -0.393 e. The van der Waals surface area contributed by atoms with E-state index < -0.39 is 0 Å². The molecule has 0 aromatic rings. The van der Waals surface area contributed by atoms with Gasteiger partial charge in [-0.3, -0.25) is 0 Å². The van der Waals surface area contributed by atoms with Gasteiger partial charge in [0.15, 0.2) is 0 Å². The van der Waals surface area contributed by atoms with Crippen molar-refractivity contribution in [2.45, 2.75) is 50.3 Å². The molecular weight excluding hydrogens is 164 g/mol. The zero-order valence-electron chi connectivity index (χ0n) is 8.13. The van der Waals surface area contributed by atoms with Crippen LogP contribution in [-0.4, -0.2) is 36.4 Å². The first-order chi connectivity index (χ1) is 6.34. The van der Waals surface area contributed by atoms with Crippen molar-refractivity contribution >= 4 is 0 Å². The van der Waals surface area contributed by atoms with E-state index in [4.69, 9.17) is 0 Å². The van der Waals surface area contributed by atoms with Crippen LogP contribution in [0.25, 0.3) is 0 Å². The molecular formula is C10H20N2O. The summed E-state index contributed by atoms with van der Waals surface area (Å²) >= 11 is 0. The Morgan fingerprint density at radius 2 is 1.77 bits per heavy atom. The van der Waals surface area contributed by atoms with Crippen molar-refractivity contribution in [3.05, 3.63) is 0 Å². The predicted octanol–water partition coefficient (Wildman–Crippen LogP) is 0.241. The summed E-state index contributed by atoms with van der Waals surface area (Å²) in [5, 5.41) is 16.4. The Morgan fingerprint density at radius 1 is 1.00 bits per heavy atom. The molecule has 2 aliphatic rings. The van der Waals surface area contributed by atoms with Crippen molar-refractivity contribution in [3.63, 3.8) is 0 Å². The molecule has 1 aliphatic carbocycles. The third-order valence-electron chi connectivity index (χ3n) is 3.23. The lowest BCUT2D eigenvalue weighted by Gasteiger charge is -2.28. The first-order valence-electron chi connectivity index (χ1n) is 5.49. The molecule has 76 valence electrons. The standard InChI is InChI=1S/C10H20N2O/c13-10-3-1-8(2-4-10)12-9-5-6-11-7-9/h8-13H,1-7H2. The van der Waals surface area contributed by atoms with Crippen molar-refractivity contribution in [1.29, 1.82) is 0 Å². The fourth-order valence-corrected chi connectivity index (χ4v) is 2.37. The van der Waals surface area contributed by atoms with Gasteiger partial charge in [-0.25, -0.2) is 0 Å². The summed E-state index contributed by atoms with van der Waals surface area (Å²) in [5.74, 6) is 0. The van der Waals surface area contributed by atoms with E-state index >= 15 is 0 Å². The summed E-state index contributed by atoms with van der Waals surface area (Å²) in [6.45, 7) is 2.28. The predicted molar refractivity (Wildman–Crippen MR) is 52.7 cm³/mol. The van der Waals surface area contributed by atoms with Crippen LogP contribution in [0.3, 0.4) is 0 Å². The summed E-state index contributed by atoms with van der Waals surface area (Å²) in [6, 6.07) is 1.34. The smallest absolute Gasteiger partial charge is 0.0541 e. The van der Waals surface area contributed by atoms with Crippen LogP contribution in [0.4, 0.5) is 0 Å². The van der Waals surface area contributed by atoms with Gasteiger partial charge in [-0.2, -0.15) is 0 Å². The molecule has 3 heteroatoms. The molecule has 1 unspecified atom stereocenters. The molecule has 1 saturated carbocycles. The molecule has 0 spiro atoms. The molecule has 0 aromatic carbocycles. The van der Waals surface area contributed by atoms with Gasteiger partial charge in [-0.15, -0.1) is 0 Å². The van der Waals surface area contributed by atoms with Crippen molar-refractivity contribution in [1.82, 2.24) is 10.6 Å². The van der Waals surface area contributed by atoms with Gasteiger partial charge in [0.25, 0.3) is 0 Å². The van der Waals surface area contributed by atoms with Crippen LogP contribution in [0.1, 0.15) is 32.1 Å². The maximum absolute atomic E-state index is 9.35. The maximum atomic E-state index is 9.35. The van der Waals surface area contributed by atoms with Gasteiger partial charge in [0, 0.05) is 18.6 Å². The SMILES string of the molecule is OC1CCC(NC2CCNC2)CC1. The fraction of sp³-hybridized carbons (Fsp3) is 1.00. The molecule has 1 atom stereocenters. The summed E-state index contributed by atoms with van der Waals surface area (Å²) < 4.78 is 0. The van der Waals surface area contributed by atoms with Crippen LogP contribution in [0.2, 0.25) is 0 Å².